The van der Waals surface area contributed by atoms with Gasteiger partial charge in [-0.05, 0) is 193 Å². The second-order valence-electron chi connectivity index (χ2n) is 25.8. The van der Waals surface area contributed by atoms with Gasteiger partial charge in [0.15, 0.2) is 23.0 Å². The summed E-state index contributed by atoms with van der Waals surface area (Å²) in [5, 5.41) is 50.2. The summed E-state index contributed by atoms with van der Waals surface area (Å²) < 4.78 is 39.5. The molecule has 114 heavy (non-hydrogen) atoms. The number of aryl methyl sites for hydroxylation is 1. The molecule has 4 saturated heterocycles. The fourth-order valence-corrected chi connectivity index (χ4v) is 13.2. The zero-order valence-corrected chi connectivity index (χ0v) is 63.7. The summed E-state index contributed by atoms with van der Waals surface area (Å²) in [6.45, 7) is 11.4. The third-order valence-electron chi connectivity index (χ3n) is 17.9. The summed E-state index contributed by atoms with van der Waals surface area (Å²) in [5.74, 6) is -3.10. The number of nitrogen functional groups attached to an aromatic ring is 2. The fraction of sp³-hybridized carbons (Fsp3) is 0.287. The van der Waals surface area contributed by atoms with Crippen LogP contribution >= 0.6 is 46.4 Å². The molecule has 4 aliphatic rings. The van der Waals surface area contributed by atoms with E-state index in [1.165, 1.54) is 66.7 Å². The van der Waals surface area contributed by atoms with E-state index < -0.39 is 51.5 Å². The summed E-state index contributed by atoms with van der Waals surface area (Å²) in [5.41, 5.74) is 16.3. The molecule has 0 radical (unpaired) electrons. The molecule has 2 atom stereocenters. The Labute approximate surface area is 675 Å². The first-order valence-corrected chi connectivity index (χ1v) is 36.7. The SMILES string of the molecule is C.C.CC(Oc1cc(C(=O)Nc2ccc(C(=O)N3CCCC3)cc2)nnc1N)c1c(Cl)ccc(F)c1Cl.Cc1nnc(C(=O)Nc2ccc(C(=O)N3CCCC3)cc2)cc1OC(C)c1c(Cl)ccc(F)c1Cl.Nc1ccc(C(=O)N2CCCC2)cc1.O=C(O)c1ccc([N+](=O)[O-])cc1.O=C(c1ccc([N+](=O)[O-])cc1)N1CCCC1. The van der Waals surface area contributed by atoms with E-state index >= 15 is 0 Å². The number of carbonyl (C=O) groups is 7. The van der Waals surface area contributed by atoms with Gasteiger partial charge in [-0.2, -0.15) is 5.10 Å². The molecule has 34 heteroatoms. The number of rotatable bonds is 17. The highest BCUT2D eigenvalue weighted by molar-refractivity contribution is 6.36. The Hall–Kier alpha value is -12.0. The standard InChI is InChI=1S/C25H23Cl2FN4O3.C24H22Cl2FN5O3.C11H12N2O3.C11H14N2O.C7H5NO4.2CH4/c1-14-21(35-15(2)22-18(26)9-10-19(28)23(22)27)13-20(31-30-14)24(33)29-17-7-5-16(6-8-17)25(34)32-11-3-4-12-32;1-13(20-16(25)8-9-17(27)21(20)26)35-19-12-18(30-31-22(19)28)23(33)29-15-6-4-14(5-7-15)24(34)32-10-2-3-11-32;14-11(12-7-1-2-8-12)9-3-5-10(6-4-9)13(15)16;12-10-5-3-9(4-6-10)11(14)13-7-1-2-8-13;9-7(10)5-1-3-6(4-2-5)8(11)12;;/h5-10,13,15H,3-4,11-12H2,1-2H3,(H,29,33);4-9,12-13H,2-3,10-11H2,1H3,(H2,28,31)(H,29,33);3-6H,1-2,7-8H2;3-6H,1-2,7-8,12H2;1-4H,(H,9,10);2*1H4. The van der Waals surface area contributed by atoms with Gasteiger partial charge < -0.3 is 56.3 Å². The minimum absolute atomic E-state index is 0. The number of aromatic carboxylic acids is 1. The van der Waals surface area contributed by atoms with Crippen LogP contribution in [-0.4, -0.2) is 149 Å². The molecule has 0 bridgehead atoms. The maximum atomic E-state index is 13.9. The predicted octanol–water partition coefficient (Wildman–Crippen LogP) is 16.9. The molecule has 2 unspecified atom stereocenters. The van der Waals surface area contributed by atoms with Gasteiger partial charge in [0, 0.05) is 149 Å². The van der Waals surface area contributed by atoms with Gasteiger partial charge in [-0.25, -0.2) is 13.6 Å². The van der Waals surface area contributed by atoms with Crippen LogP contribution in [0.3, 0.4) is 0 Å². The van der Waals surface area contributed by atoms with Crippen molar-refractivity contribution in [1.82, 2.24) is 40.0 Å². The highest BCUT2D eigenvalue weighted by Crippen LogP contribution is 2.38. The van der Waals surface area contributed by atoms with Crippen molar-refractivity contribution in [3.63, 3.8) is 0 Å². The number of halogens is 6. The minimum atomic E-state index is -1.09. The van der Waals surface area contributed by atoms with Gasteiger partial charge in [-0.15, -0.1) is 15.3 Å². The maximum Gasteiger partial charge on any atom is 0.335 e. The Morgan fingerprint density at radius 1 is 0.456 bits per heavy atom. The topological polar surface area (TPSA) is 385 Å². The number of hydrogen-bond acceptors (Lipinski definition) is 19. The largest absolute Gasteiger partial charge is 0.484 e. The normalized spacial score (nSPS) is 13.7. The average Bonchev–Trinajstić information content (AvgIpc) is 1.10. The smallest absolute Gasteiger partial charge is 0.335 e. The van der Waals surface area contributed by atoms with E-state index in [1.807, 2.05) is 14.7 Å². The Morgan fingerprint density at radius 3 is 1.09 bits per heavy atom. The molecule has 0 spiro atoms. The van der Waals surface area contributed by atoms with Crippen LogP contribution in [0.1, 0.15) is 182 Å². The van der Waals surface area contributed by atoms with Crippen LogP contribution in [0.4, 0.5) is 43.0 Å². The molecule has 6 amide bonds. The van der Waals surface area contributed by atoms with Gasteiger partial charge in [0.2, 0.25) is 0 Å². The molecular formula is C80H84Cl4F2N14O14. The fourth-order valence-electron chi connectivity index (χ4n) is 11.9. The molecule has 28 nitrogen and oxygen atoms in total. The number of nitrogens with one attached hydrogen (secondary N) is 2. The number of hydrogen-bond donors (Lipinski definition) is 5. The third-order valence-corrected chi connectivity index (χ3v) is 19.4. The zero-order chi connectivity index (χ0) is 80.9. The number of ether oxygens (including phenoxy) is 2. The summed E-state index contributed by atoms with van der Waals surface area (Å²) in [4.78, 5) is 111. The van der Waals surface area contributed by atoms with Crippen molar-refractivity contribution < 1.29 is 66.8 Å². The van der Waals surface area contributed by atoms with E-state index in [2.05, 4.69) is 31.0 Å². The number of amides is 6. The number of benzene rings is 7. The Morgan fingerprint density at radius 2 is 0.754 bits per heavy atom. The van der Waals surface area contributed by atoms with Crippen LogP contribution < -0.4 is 31.6 Å². The lowest BCUT2D eigenvalue weighted by atomic mass is 10.1. The van der Waals surface area contributed by atoms with Crippen molar-refractivity contribution in [2.75, 3.05) is 74.5 Å². The highest BCUT2D eigenvalue weighted by Gasteiger charge is 2.27. The summed E-state index contributed by atoms with van der Waals surface area (Å²) in [6, 6.07) is 38.7. The highest BCUT2D eigenvalue weighted by atomic mass is 35.5. The van der Waals surface area contributed by atoms with E-state index in [1.54, 1.807) is 98.5 Å². The molecule has 4 aliphatic heterocycles. The molecule has 4 fully saturated rings. The first-order chi connectivity index (χ1) is 53.5. The summed E-state index contributed by atoms with van der Waals surface area (Å²) >= 11 is 24.5. The number of carbonyl (C=O) groups excluding carboxylic acids is 6. The van der Waals surface area contributed by atoms with E-state index in [0.29, 0.717) is 45.0 Å². The van der Waals surface area contributed by atoms with Crippen molar-refractivity contribution in [1.29, 1.82) is 0 Å². The molecule has 600 valence electrons. The lowest BCUT2D eigenvalue weighted by Crippen LogP contribution is -2.27. The third kappa shape index (κ3) is 24.0. The molecule has 2 aromatic heterocycles. The van der Waals surface area contributed by atoms with E-state index in [4.69, 9.17) is 72.5 Å². The monoisotopic (exact) mass is 1640 g/mol. The first-order valence-electron chi connectivity index (χ1n) is 35.2. The van der Waals surface area contributed by atoms with Crippen molar-refractivity contribution >= 4 is 122 Å². The Kier molecular flexibility index (Phi) is 32.9. The number of aromatic nitrogens is 4. The van der Waals surface area contributed by atoms with Crippen LogP contribution in [0, 0.1) is 38.8 Å². The number of nitrogens with two attached hydrogens (primary N) is 2. The van der Waals surface area contributed by atoms with Crippen molar-refractivity contribution in [2.24, 2.45) is 0 Å². The number of likely N-dealkylation sites (tertiary alicyclic amines) is 4. The van der Waals surface area contributed by atoms with Gasteiger partial charge in [0.1, 0.15) is 35.3 Å². The minimum Gasteiger partial charge on any atom is -0.484 e. The molecule has 9 aromatic rings. The number of nitro benzene ring substituents is 2. The molecule has 0 aliphatic carbocycles. The van der Waals surface area contributed by atoms with Crippen LogP contribution in [0.2, 0.25) is 20.1 Å². The number of nitro groups is 2. The van der Waals surface area contributed by atoms with Gasteiger partial charge >= 0.3 is 5.97 Å². The lowest BCUT2D eigenvalue weighted by Gasteiger charge is -2.19. The first kappa shape index (κ1) is 89.2. The van der Waals surface area contributed by atoms with Crippen LogP contribution in [0.15, 0.2) is 158 Å². The number of nitrogens with zero attached hydrogens (tertiary/aromatic N) is 10. The Bertz CT molecular complexity index is 4670. The van der Waals surface area contributed by atoms with Gasteiger partial charge in [0.05, 0.1) is 25.5 Å². The zero-order valence-electron chi connectivity index (χ0n) is 60.6. The van der Waals surface area contributed by atoms with Gasteiger partial charge in [-0.1, -0.05) is 61.3 Å². The number of carboxylic acid groups (broad SMARTS) is 1. The molecule has 13 rings (SSSR count). The van der Waals surface area contributed by atoms with Crippen LogP contribution in [-0.2, 0) is 0 Å². The average molecular weight is 1650 g/mol. The Balaban J connectivity index is 0.000000210. The van der Waals surface area contributed by atoms with Gasteiger partial charge in [0.25, 0.3) is 46.8 Å². The molecule has 6 heterocycles. The van der Waals surface area contributed by atoms with Crippen molar-refractivity contribution in [3.8, 4) is 11.5 Å². The van der Waals surface area contributed by atoms with E-state index in [9.17, 15) is 62.6 Å². The molecular weight excluding hydrogens is 1560 g/mol. The summed E-state index contributed by atoms with van der Waals surface area (Å²) in [6.07, 6.45) is 6.87. The number of anilines is 4. The second-order valence-corrected chi connectivity index (χ2v) is 27.4. The van der Waals surface area contributed by atoms with Crippen LogP contribution in [0.5, 0.6) is 11.5 Å². The lowest BCUT2D eigenvalue weighted by molar-refractivity contribution is -0.385. The van der Waals surface area contributed by atoms with E-state index in [-0.39, 0.29) is 110 Å². The molecule has 0 saturated carbocycles. The van der Waals surface area contributed by atoms with Crippen LogP contribution in [0.25, 0.3) is 0 Å². The van der Waals surface area contributed by atoms with Crippen molar-refractivity contribution in [2.45, 2.75) is 99.2 Å². The molecule has 7 aromatic carbocycles. The predicted molar refractivity (Wildman–Crippen MR) is 431 cm³/mol. The quantitative estimate of drug-likeness (QED) is 0.0245. The number of non-ortho nitro benzene ring substituents is 2. The summed E-state index contributed by atoms with van der Waals surface area (Å²) in [7, 11) is 0. The number of carboxylic acids is 1. The van der Waals surface area contributed by atoms with E-state index in [0.717, 1.165) is 127 Å². The second kappa shape index (κ2) is 42.0. The van der Waals surface area contributed by atoms with Crippen molar-refractivity contribution in [3.05, 3.63) is 266 Å². The van der Waals surface area contributed by atoms with Gasteiger partial charge in [-0.3, -0.25) is 49.0 Å². The molecule has 7 N–H and O–H groups in total. The maximum absolute atomic E-state index is 13.9.